The van der Waals surface area contributed by atoms with E-state index in [1.54, 1.807) is 6.92 Å². The van der Waals surface area contributed by atoms with Gasteiger partial charge in [-0.25, -0.2) is 4.79 Å². The van der Waals surface area contributed by atoms with E-state index in [1.807, 2.05) is 0 Å². The zero-order chi connectivity index (χ0) is 13.8. The van der Waals surface area contributed by atoms with Gasteiger partial charge in [-0.2, -0.15) is 0 Å². The molecule has 1 saturated carbocycles. The molecule has 0 aromatic carbocycles. The first kappa shape index (κ1) is 13.3. The fourth-order valence-electron chi connectivity index (χ4n) is 2.21. The molecule has 2 rings (SSSR count). The molecule has 0 unspecified atom stereocenters. The summed E-state index contributed by atoms with van der Waals surface area (Å²) in [5.41, 5.74) is -0.123. The van der Waals surface area contributed by atoms with Crippen LogP contribution in [-0.2, 0) is 4.74 Å². The Kier molecular flexibility index (Phi) is 3.98. The normalized spacial score (nSPS) is 15.4. The number of hydrogen-bond acceptors (Lipinski definition) is 7. The molecule has 0 aliphatic heterocycles. The van der Waals surface area contributed by atoms with Crippen molar-refractivity contribution in [3.05, 3.63) is 15.8 Å². The van der Waals surface area contributed by atoms with Gasteiger partial charge in [0.15, 0.2) is 5.69 Å². The molecule has 8 nitrogen and oxygen atoms in total. The van der Waals surface area contributed by atoms with Gasteiger partial charge >= 0.3 is 17.8 Å². The number of ether oxygens (including phenoxy) is 2. The second kappa shape index (κ2) is 5.68. The number of rotatable bonds is 4. The molecular formula is C11H14N2O6. The van der Waals surface area contributed by atoms with E-state index in [4.69, 9.17) is 4.52 Å². The van der Waals surface area contributed by atoms with Crippen LogP contribution in [0.15, 0.2) is 4.52 Å². The third-order valence-electron chi connectivity index (χ3n) is 3.03. The molecule has 1 heterocycles. The fourth-order valence-corrected chi connectivity index (χ4v) is 2.21. The molecule has 0 atom stereocenters. The Bertz CT molecular complexity index is 478. The van der Waals surface area contributed by atoms with Crippen LogP contribution in [0.3, 0.4) is 0 Å². The second-order valence-corrected chi connectivity index (χ2v) is 4.23. The summed E-state index contributed by atoms with van der Waals surface area (Å²) in [7, 11) is 0. The first-order chi connectivity index (χ1) is 9.13. The topological polar surface area (TPSA) is 105 Å². The van der Waals surface area contributed by atoms with Crippen LogP contribution in [0.2, 0.25) is 0 Å². The average Bonchev–Trinajstić information content (AvgIpc) is 2.96. The van der Waals surface area contributed by atoms with Gasteiger partial charge < -0.3 is 14.0 Å². The monoisotopic (exact) mass is 270 g/mol. The highest BCUT2D eigenvalue weighted by Gasteiger charge is 2.36. The van der Waals surface area contributed by atoms with Gasteiger partial charge in [0.1, 0.15) is 0 Å². The van der Waals surface area contributed by atoms with Crippen molar-refractivity contribution >= 4 is 11.8 Å². The number of nitro groups is 1. The molecule has 0 bridgehead atoms. The summed E-state index contributed by atoms with van der Waals surface area (Å²) in [6.45, 7) is 1.70. The van der Waals surface area contributed by atoms with Gasteiger partial charge in [0.25, 0.3) is 0 Å². The summed E-state index contributed by atoms with van der Waals surface area (Å²) in [6.07, 6.45) is 2.61. The van der Waals surface area contributed by atoms with Crippen molar-refractivity contribution in [3.63, 3.8) is 0 Å². The number of aromatic nitrogens is 1. The standard InChI is InChI=1S/C11H14N2O6/c1-2-17-11(14)18-10-9(13(15)16)8(12-19-10)7-5-3-4-6-7/h7H,2-6H2,1H3. The zero-order valence-corrected chi connectivity index (χ0v) is 10.5. The van der Waals surface area contributed by atoms with Crippen LogP contribution in [0, 0.1) is 10.1 Å². The molecule has 0 saturated heterocycles. The van der Waals surface area contributed by atoms with Crippen LogP contribution in [0.4, 0.5) is 10.5 Å². The molecule has 8 heteroatoms. The van der Waals surface area contributed by atoms with Crippen molar-refractivity contribution in [3.8, 4) is 5.95 Å². The fraction of sp³-hybridized carbons (Fsp3) is 0.636. The number of nitrogens with zero attached hydrogens (tertiary/aromatic N) is 2. The number of hydrogen-bond donors (Lipinski definition) is 0. The smallest absolute Gasteiger partial charge is 0.434 e. The van der Waals surface area contributed by atoms with Crippen molar-refractivity contribution in [2.75, 3.05) is 6.61 Å². The van der Waals surface area contributed by atoms with Crippen molar-refractivity contribution in [2.45, 2.75) is 38.5 Å². The minimum atomic E-state index is -1.04. The third kappa shape index (κ3) is 2.83. The number of carbonyl (C=O) groups excluding carboxylic acids is 1. The second-order valence-electron chi connectivity index (χ2n) is 4.23. The van der Waals surface area contributed by atoms with Gasteiger partial charge in [-0.3, -0.25) is 10.1 Å². The van der Waals surface area contributed by atoms with Crippen LogP contribution in [-0.4, -0.2) is 22.8 Å². The summed E-state index contributed by atoms with van der Waals surface area (Å²) < 4.78 is 14.0. The lowest BCUT2D eigenvalue weighted by atomic mass is 10.0. The van der Waals surface area contributed by atoms with E-state index >= 15 is 0 Å². The predicted molar refractivity (Wildman–Crippen MR) is 62.0 cm³/mol. The summed E-state index contributed by atoms with van der Waals surface area (Å²) in [6, 6.07) is 0. The van der Waals surface area contributed by atoms with Crippen LogP contribution in [0.5, 0.6) is 5.95 Å². The Morgan fingerprint density at radius 1 is 1.53 bits per heavy atom. The van der Waals surface area contributed by atoms with E-state index in [0.717, 1.165) is 25.7 Å². The van der Waals surface area contributed by atoms with Crippen molar-refractivity contribution in [1.82, 2.24) is 5.16 Å². The van der Waals surface area contributed by atoms with E-state index in [2.05, 4.69) is 14.6 Å². The van der Waals surface area contributed by atoms with Gasteiger partial charge in [0.2, 0.25) is 0 Å². The lowest BCUT2D eigenvalue weighted by Crippen LogP contribution is -2.10. The first-order valence-corrected chi connectivity index (χ1v) is 6.12. The molecule has 19 heavy (non-hydrogen) atoms. The minimum absolute atomic E-state index is 0.0105. The molecule has 0 amide bonds. The molecular weight excluding hydrogens is 256 g/mol. The highest BCUT2D eigenvalue weighted by molar-refractivity contribution is 5.65. The van der Waals surface area contributed by atoms with Gasteiger partial charge in [-0.05, 0) is 19.8 Å². The van der Waals surface area contributed by atoms with E-state index in [1.165, 1.54) is 0 Å². The van der Waals surface area contributed by atoms with Crippen molar-refractivity contribution in [2.24, 2.45) is 0 Å². The average molecular weight is 270 g/mol. The Labute approximate surface area is 108 Å². The largest absolute Gasteiger partial charge is 0.516 e. The summed E-state index contributed by atoms with van der Waals surface area (Å²) in [4.78, 5) is 21.6. The van der Waals surface area contributed by atoms with Gasteiger partial charge in [0.05, 0.1) is 11.5 Å². The Balaban J connectivity index is 2.24. The highest BCUT2D eigenvalue weighted by atomic mass is 16.8. The van der Waals surface area contributed by atoms with E-state index in [-0.39, 0.29) is 23.9 Å². The van der Waals surface area contributed by atoms with Crippen LogP contribution < -0.4 is 4.74 Å². The quantitative estimate of drug-likeness (QED) is 0.470. The maximum atomic E-state index is 11.2. The molecule has 1 aliphatic rings. The predicted octanol–water partition coefficient (Wildman–Crippen LogP) is 2.78. The van der Waals surface area contributed by atoms with Crippen molar-refractivity contribution in [1.29, 1.82) is 0 Å². The molecule has 1 aliphatic carbocycles. The van der Waals surface area contributed by atoms with Gasteiger partial charge in [-0.1, -0.05) is 18.0 Å². The summed E-state index contributed by atoms with van der Waals surface area (Å²) in [5, 5.41) is 14.8. The maximum Gasteiger partial charge on any atom is 0.516 e. The lowest BCUT2D eigenvalue weighted by molar-refractivity contribution is -0.387. The molecule has 0 spiro atoms. The molecule has 0 radical (unpaired) electrons. The number of carbonyl (C=O) groups is 1. The SMILES string of the molecule is CCOC(=O)Oc1onc(C2CCCC2)c1[N+](=O)[O-]. The first-order valence-electron chi connectivity index (χ1n) is 6.12. The minimum Gasteiger partial charge on any atom is -0.434 e. The van der Waals surface area contributed by atoms with Gasteiger partial charge in [0, 0.05) is 5.92 Å². The van der Waals surface area contributed by atoms with Crippen LogP contribution in [0.25, 0.3) is 0 Å². The maximum absolute atomic E-state index is 11.2. The van der Waals surface area contributed by atoms with E-state index < -0.39 is 17.0 Å². The molecule has 1 aromatic rings. The van der Waals surface area contributed by atoms with Crippen LogP contribution in [0.1, 0.15) is 44.2 Å². The summed E-state index contributed by atoms with van der Waals surface area (Å²) in [5.74, 6) is -0.519. The Morgan fingerprint density at radius 2 is 2.21 bits per heavy atom. The van der Waals surface area contributed by atoms with E-state index in [0.29, 0.717) is 0 Å². The molecule has 104 valence electrons. The lowest BCUT2D eigenvalue weighted by Gasteiger charge is -2.02. The Morgan fingerprint density at radius 3 is 2.79 bits per heavy atom. The molecule has 0 N–H and O–H groups in total. The van der Waals surface area contributed by atoms with E-state index in [9.17, 15) is 14.9 Å². The highest BCUT2D eigenvalue weighted by Crippen LogP contribution is 2.42. The third-order valence-corrected chi connectivity index (χ3v) is 3.03. The Hall–Kier alpha value is -2.12. The molecule has 1 aromatic heterocycles. The van der Waals surface area contributed by atoms with Crippen molar-refractivity contribution < 1.29 is 23.7 Å². The zero-order valence-electron chi connectivity index (χ0n) is 10.5. The molecule has 1 fully saturated rings. The summed E-state index contributed by atoms with van der Waals surface area (Å²) >= 11 is 0. The van der Waals surface area contributed by atoms with Crippen LogP contribution >= 0.6 is 0 Å². The van der Waals surface area contributed by atoms with Gasteiger partial charge in [-0.15, -0.1) is 0 Å².